The lowest BCUT2D eigenvalue weighted by Gasteiger charge is -2.45. The van der Waals surface area contributed by atoms with Gasteiger partial charge in [-0.15, -0.1) is 0 Å². The van der Waals surface area contributed by atoms with Crippen molar-refractivity contribution in [2.24, 2.45) is 17.3 Å². The van der Waals surface area contributed by atoms with Crippen LogP contribution in [0, 0.1) is 17.3 Å². The summed E-state index contributed by atoms with van der Waals surface area (Å²) in [5.74, 6) is 1.21. The molecule has 2 unspecified atom stereocenters. The van der Waals surface area contributed by atoms with E-state index in [4.69, 9.17) is 0 Å². The van der Waals surface area contributed by atoms with Crippen molar-refractivity contribution in [2.75, 3.05) is 0 Å². The maximum atomic E-state index is 9.76. The van der Waals surface area contributed by atoms with Crippen LogP contribution in [0.25, 0.3) is 0 Å². The maximum absolute atomic E-state index is 9.76. The first-order chi connectivity index (χ1) is 6.83. The van der Waals surface area contributed by atoms with E-state index in [0.717, 1.165) is 25.7 Å². The molecule has 0 aromatic rings. The zero-order chi connectivity index (χ0) is 11.6. The van der Waals surface area contributed by atoms with Gasteiger partial charge in [0.05, 0.1) is 12.2 Å². The Hall–Kier alpha value is -0.0800. The lowest BCUT2D eigenvalue weighted by Crippen LogP contribution is -2.40. The van der Waals surface area contributed by atoms with E-state index in [0.29, 0.717) is 11.8 Å². The van der Waals surface area contributed by atoms with Crippen LogP contribution in [0.5, 0.6) is 0 Å². The second-order valence-electron chi connectivity index (χ2n) is 6.09. The molecule has 0 aliphatic heterocycles. The summed E-state index contributed by atoms with van der Waals surface area (Å²) in [7, 11) is 0. The fraction of sp³-hybridized carbons (Fsp3) is 1.00. The normalized spacial score (nSPS) is 37.6. The molecule has 90 valence electrons. The average molecular weight is 214 g/mol. The third kappa shape index (κ3) is 3.46. The monoisotopic (exact) mass is 214 g/mol. The minimum absolute atomic E-state index is 0.127. The molecule has 15 heavy (non-hydrogen) atoms. The Bertz CT molecular complexity index is 199. The Morgan fingerprint density at radius 3 is 2.47 bits per heavy atom. The molecule has 0 amide bonds. The minimum Gasteiger partial charge on any atom is -0.393 e. The first-order valence-corrected chi connectivity index (χ1v) is 6.19. The predicted molar refractivity (Wildman–Crippen MR) is 62.6 cm³/mol. The standard InChI is InChI=1S/C13H26O2/c1-9-7-11(15)8-13(3,4)12(9)6-5-10(2)14/h9-12,14-15H,5-8H2,1-4H3/t9-,10?,11?,12-/m0/s1. The highest BCUT2D eigenvalue weighted by molar-refractivity contribution is 4.90. The van der Waals surface area contributed by atoms with E-state index in [1.165, 1.54) is 0 Å². The fourth-order valence-electron chi connectivity index (χ4n) is 3.30. The maximum Gasteiger partial charge on any atom is 0.0548 e. The number of aliphatic hydroxyl groups excluding tert-OH is 2. The van der Waals surface area contributed by atoms with Crippen LogP contribution in [0.1, 0.15) is 53.4 Å². The summed E-state index contributed by atoms with van der Waals surface area (Å²) in [5.41, 5.74) is 0.214. The van der Waals surface area contributed by atoms with Crippen LogP contribution in [0.15, 0.2) is 0 Å². The number of aliphatic hydroxyl groups is 2. The van der Waals surface area contributed by atoms with E-state index in [2.05, 4.69) is 20.8 Å². The third-order valence-electron chi connectivity index (χ3n) is 3.99. The van der Waals surface area contributed by atoms with Crippen molar-refractivity contribution in [1.82, 2.24) is 0 Å². The van der Waals surface area contributed by atoms with Crippen molar-refractivity contribution in [3.8, 4) is 0 Å². The van der Waals surface area contributed by atoms with Gasteiger partial charge in [-0.2, -0.15) is 0 Å². The Morgan fingerprint density at radius 1 is 1.40 bits per heavy atom. The highest BCUT2D eigenvalue weighted by Gasteiger charge is 2.39. The van der Waals surface area contributed by atoms with Crippen LogP contribution < -0.4 is 0 Å². The second-order valence-corrected chi connectivity index (χ2v) is 6.09. The van der Waals surface area contributed by atoms with Crippen molar-refractivity contribution in [2.45, 2.75) is 65.6 Å². The van der Waals surface area contributed by atoms with E-state index in [1.54, 1.807) is 0 Å². The Kier molecular flexibility index (Phi) is 4.19. The molecule has 0 heterocycles. The molecular formula is C13H26O2. The van der Waals surface area contributed by atoms with Crippen LogP contribution in [-0.4, -0.2) is 22.4 Å². The Labute approximate surface area is 93.7 Å². The molecule has 1 aliphatic carbocycles. The highest BCUT2D eigenvalue weighted by Crippen LogP contribution is 2.46. The first kappa shape index (κ1) is 13.0. The molecule has 0 saturated heterocycles. The van der Waals surface area contributed by atoms with Gasteiger partial charge in [0.1, 0.15) is 0 Å². The Morgan fingerprint density at radius 2 is 2.00 bits per heavy atom. The van der Waals surface area contributed by atoms with E-state index < -0.39 is 0 Å². The van der Waals surface area contributed by atoms with Gasteiger partial charge in [0.15, 0.2) is 0 Å². The van der Waals surface area contributed by atoms with Crippen molar-refractivity contribution in [1.29, 1.82) is 0 Å². The van der Waals surface area contributed by atoms with Gasteiger partial charge in [-0.1, -0.05) is 20.8 Å². The average Bonchev–Trinajstić information content (AvgIpc) is 1.98. The van der Waals surface area contributed by atoms with Crippen LogP contribution >= 0.6 is 0 Å². The first-order valence-electron chi connectivity index (χ1n) is 6.19. The largest absolute Gasteiger partial charge is 0.393 e. The molecule has 0 aromatic carbocycles. The molecule has 1 aliphatic rings. The summed E-state index contributed by atoms with van der Waals surface area (Å²) in [6.45, 7) is 8.59. The Balaban J connectivity index is 2.59. The van der Waals surface area contributed by atoms with Gasteiger partial charge in [-0.3, -0.25) is 0 Å². The smallest absolute Gasteiger partial charge is 0.0548 e. The minimum atomic E-state index is -0.195. The quantitative estimate of drug-likeness (QED) is 0.758. The highest BCUT2D eigenvalue weighted by atomic mass is 16.3. The van der Waals surface area contributed by atoms with E-state index in [-0.39, 0.29) is 17.6 Å². The molecule has 0 aromatic heterocycles. The summed E-state index contributed by atoms with van der Waals surface area (Å²) in [4.78, 5) is 0. The van der Waals surface area contributed by atoms with Gasteiger partial charge in [0.25, 0.3) is 0 Å². The molecule has 1 saturated carbocycles. The van der Waals surface area contributed by atoms with E-state index in [1.807, 2.05) is 6.92 Å². The molecule has 2 N–H and O–H groups in total. The van der Waals surface area contributed by atoms with Gasteiger partial charge < -0.3 is 10.2 Å². The van der Waals surface area contributed by atoms with Gasteiger partial charge in [-0.25, -0.2) is 0 Å². The van der Waals surface area contributed by atoms with Crippen LogP contribution in [0.3, 0.4) is 0 Å². The topological polar surface area (TPSA) is 40.5 Å². The second kappa shape index (κ2) is 4.84. The summed E-state index contributed by atoms with van der Waals surface area (Å²) in [5, 5.41) is 19.1. The number of hydrogen-bond acceptors (Lipinski definition) is 2. The fourth-order valence-corrected chi connectivity index (χ4v) is 3.30. The van der Waals surface area contributed by atoms with Crippen molar-refractivity contribution >= 4 is 0 Å². The summed E-state index contributed by atoms with van der Waals surface area (Å²) in [6, 6.07) is 0. The molecule has 4 atom stereocenters. The summed E-state index contributed by atoms with van der Waals surface area (Å²) >= 11 is 0. The summed E-state index contributed by atoms with van der Waals surface area (Å²) in [6.07, 6.45) is 3.47. The van der Waals surface area contributed by atoms with Gasteiger partial charge in [-0.05, 0) is 49.9 Å². The molecule has 2 nitrogen and oxygen atoms in total. The molecule has 1 rings (SSSR count). The van der Waals surface area contributed by atoms with Crippen molar-refractivity contribution in [3.63, 3.8) is 0 Å². The molecule has 0 spiro atoms. The van der Waals surface area contributed by atoms with Crippen LogP contribution in [-0.2, 0) is 0 Å². The number of hydrogen-bond donors (Lipinski definition) is 2. The summed E-state index contributed by atoms with van der Waals surface area (Å²) < 4.78 is 0. The SMILES string of the molecule is CC(O)CC[C@H]1[C@@H](C)CC(O)CC1(C)C. The van der Waals surface area contributed by atoms with Gasteiger partial charge in [0.2, 0.25) is 0 Å². The zero-order valence-corrected chi connectivity index (χ0v) is 10.5. The van der Waals surface area contributed by atoms with E-state index >= 15 is 0 Å². The zero-order valence-electron chi connectivity index (χ0n) is 10.5. The predicted octanol–water partition coefficient (Wildman–Crippen LogP) is 2.58. The number of rotatable bonds is 3. The van der Waals surface area contributed by atoms with Gasteiger partial charge in [0, 0.05) is 0 Å². The van der Waals surface area contributed by atoms with E-state index in [9.17, 15) is 10.2 Å². The van der Waals surface area contributed by atoms with Crippen LogP contribution in [0.4, 0.5) is 0 Å². The lowest BCUT2D eigenvalue weighted by atomic mass is 9.61. The van der Waals surface area contributed by atoms with Gasteiger partial charge >= 0.3 is 0 Å². The molecule has 1 fully saturated rings. The molecule has 2 heteroatoms. The van der Waals surface area contributed by atoms with Crippen molar-refractivity contribution in [3.05, 3.63) is 0 Å². The third-order valence-corrected chi connectivity index (χ3v) is 3.99. The molecule has 0 radical (unpaired) electrons. The molecular weight excluding hydrogens is 188 g/mol. The van der Waals surface area contributed by atoms with Crippen molar-refractivity contribution < 1.29 is 10.2 Å². The molecule has 0 bridgehead atoms. The lowest BCUT2D eigenvalue weighted by molar-refractivity contribution is -0.0197. The van der Waals surface area contributed by atoms with Crippen LogP contribution in [0.2, 0.25) is 0 Å².